The van der Waals surface area contributed by atoms with Crippen LogP contribution in [0, 0.1) is 11.8 Å². The van der Waals surface area contributed by atoms with Crippen molar-refractivity contribution in [2.24, 2.45) is 11.8 Å². The van der Waals surface area contributed by atoms with Gasteiger partial charge in [0.15, 0.2) is 0 Å². The fourth-order valence-electron chi connectivity index (χ4n) is 6.99. The second kappa shape index (κ2) is 7.84. The Balaban J connectivity index is 1.35. The minimum absolute atomic E-state index is 0.0973. The predicted octanol–water partition coefficient (Wildman–Crippen LogP) is 4.22. The molecule has 0 saturated carbocycles. The first-order valence-corrected chi connectivity index (χ1v) is 12.2. The first-order valence-electron chi connectivity index (χ1n) is 12.2. The van der Waals surface area contributed by atoms with Gasteiger partial charge in [-0.3, -0.25) is 9.69 Å². The second-order valence-electron chi connectivity index (χ2n) is 9.95. The van der Waals surface area contributed by atoms with Crippen LogP contribution in [0.25, 0.3) is 10.9 Å². The van der Waals surface area contributed by atoms with Gasteiger partial charge >= 0.3 is 0 Å². The SMILES string of the molecule is COc1ccc(OC)c2[nH]c(C(=O)N3CCCC4=C[C@H]5C[C@@H](CN6CCCC[C@H]56)[C@@H]43)cc12. The smallest absolute Gasteiger partial charge is 0.270 e. The van der Waals surface area contributed by atoms with E-state index < -0.39 is 0 Å². The molecule has 3 aliphatic heterocycles. The zero-order chi connectivity index (χ0) is 21.8. The molecule has 4 heterocycles. The molecule has 2 bridgehead atoms. The number of fused-ring (bicyclic) bond motifs is 7. The molecule has 3 fully saturated rings. The van der Waals surface area contributed by atoms with Crippen LogP contribution >= 0.6 is 0 Å². The van der Waals surface area contributed by atoms with Gasteiger partial charge in [0.25, 0.3) is 5.91 Å². The Bertz CT molecular complexity index is 1030. The van der Waals surface area contributed by atoms with E-state index in [2.05, 4.69) is 20.9 Å². The summed E-state index contributed by atoms with van der Waals surface area (Å²) in [5.41, 5.74) is 2.96. The van der Waals surface area contributed by atoms with Crippen molar-refractivity contribution in [1.29, 1.82) is 0 Å². The number of methoxy groups -OCH3 is 2. The molecule has 170 valence electrons. The molecule has 0 spiro atoms. The van der Waals surface area contributed by atoms with Gasteiger partial charge in [-0.15, -0.1) is 0 Å². The Morgan fingerprint density at radius 1 is 1.09 bits per heavy atom. The third-order valence-electron chi connectivity index (χ3n) is 8.30. The Morgan fingerprint density at radius 3 is 2.78 bits per heavy atom. The van der Waals surface area contributed by atoms with Crippen LogP contribution in [-0.2, 0) is 0 Å². The number of aromatic amines is 1. The highest BCUT2D eigenvalue weighted by molar-refractivity contribution is 6.01. The van der Waals surface area contributed by atoms with E-state index in [0.29, 0.717) is 17.5 Å². The normalized spacial score (nSPS) is 29.8. The number of benzene rings is 1. The first-order chi connectivity index (χ1) is 15.7. The van der Waals surface area contributed by atoms with E-state index >= 15 is 0 Å². The Hall–Kier alpha value is -2.47. The van der Waals surface area contributed by atoms with E-state index in [1.807, 2.05) is 18.2 Å². The van der Waals surface area contributed by atoms with E-state index in [0.717, 1.165) is 54.4 Å². The van der Waals surface area contributed by atoms with Crippen molar-refractivity contribution >= 4 is 16.8 Å². The van der Waals surface area contributed by atoms with Gasteiger partial charge in [0.05, 0.1) is 25.8 Å². The van der Waals surface area contributed by atoms with Gasteiger partial charge in [0.1, 0.15) is 17.2 Å². The highest BCUT2D eigenvalue weighted by Crippen LogP contribution is 2.45. The lowest BCUT2D eigenvalue weighted by Gasteiger charge is -2.54. The first kappa shape index (κ1) is 20.2. The van der Waals surface area contributed by atoms with Crippen molar-refractivity contribution in [3.63, 3.8) is 0 Å². The number of piperidine rings is 3. The number of aromatic nitrogens is 1. The molecule has 1 aliphatic carbocycles. The number of likely N-dealkylation sites (tertiary alicyclic amines) is 1. The van der Waals surface area contributed by atoms with Gasteiger partial charge in [0, 0.05) is 24.5 Å². The van der Waals surface area contributed by atoms with Crippen LogP contribution in [0.5, 0.6) is 11.5 Å². The number of hydrogen-bond acceptors (Lipinski definition) is 4. The van der Waals surface area contributed by atoms with Crippen LogP contribution in [0.1, 0.15) is 49.0 Å². The van der Waals surface area contributed by atoms with E-state index in [9.17, 15) is 4.79 Å². The molecule has 0 radical (unpaired) electrons. The highest BCUT2D eigenvalue weighted by atomic mass is 16.5. The van der Waals surface area contributed by atoms with Crippen molar-refractivity contribution in [3.8, 4) is 11.5 Å². The molecule has 32 heavy (non-hydrogen) atoms. The van der Waals surface area contributed by atoms with Crippen molar-refractivity contribution in [2.45, 2.75) is 50.6 Å². The number of H-pyrrole nitrogens is 1. The second-order valence-corrected chi connectivity index (χ2v) is 9.95. The molecule has 1 aromatic heterocycles. The highest BCUT2D eigenvalue weighted by Gasteiger charge is 2.47. The van der Waals surface area contributed by atoms with Crippen LogP contribution in [0.4, 0.5) is 0 Å². The van der Waals surface area contributed by atoms with Gasteiger partial charge in [-0.2, -0.15) is 0 Å². The molecular weight excluding hydrogens is 402 g/mol. The number of amides is 1. The predicted molar refractivity (Wildman–Crippen MR) is 124 cm³/mol. The number of nitrogens with one attached hydrogen (secondary N) is 1. The zero-order valence-electron chi connectivity index (χ0n) is 19.1. The quantitative estimate of drug-likeness (QED) is 0.734. The van der Waals surface area contributed by atoms with Crippen LogP contribution in [0.2, 0.25) is 0 Å². The third kappa shape index (κ3) is 3.06. The molecule has 6 rings (SSSR count). The number of rotatable bonds is 3. The van der Waals surface area contributed by atoms with Gasteiger partial charge in [-0.25, -0.2) is 0 Å². The lowest BCUT2D eigenvalue weighted by Crippen LogP contribution is -2.60. The summed E-state index contributed by atoms with van der Waals surface area (Å²) in [7, 11) is 3.31. The number of hydrogen-bond donors (Lipinski definition) is 1. The van der Waals surface area contributed by atoms with Crippen molar-refractivity contribution < 1.29 is 14.3 Å². The molecule has 4 atom stereocenters. The monoisotopic (exact) mass is 435 g/mol. The number of carbonyl (C=O) groups is 1. The molecule has 0 unspecified atom stereocenters. The van der Waals surface area contributed by atoms with Crippen LogP contribution in [-0.4, -0.2) is 66.6 Å². The molecule has 1 amide bonds. The number of nitrogens with zero attached hydrogens (tertiary/aromatic N) is 2. The summed E-state index contributed by atoms with van der Waals surface area (Å²) in [5.74, 6) is 2.80. The summed E-state index contributed by atoms with van der Waals surface area (Å²) >= 11 is 0. The van der Waals surface area contributed by atoms with Crippen molar-refractivity contribution in [2.75, 3.05) is 33.9 Å². The fraction of sp³-hybridized carbons (Fsp3) is 0.577. The van der Waals surface area contributed by atoms with Crippen LogP contribution in [0.15, 0.2) is 29.8 Å². The molecular formula is C26H33N3O3. The minimum atomic E-state index is 0.0973. The maximum absolute atomic E-state index is 13.8. The Labute approximate surface area is 189 Å². The molecule has 1 N–H and O–H groups in total. The average Bonchev–Trinajstić information content (AvgIpc) is 3.28. The number of carbonyl (C=O) groups excluding carboxylic acids is 1. The fourth-order valence-corrected chi connectivity index (χ4v) is 6.99. The van der Waals surface area contributed by atoms with Gasteiger partial charge in [-0.1, -0.05) is 18.1 Å². The summed E-state index contributed by atoms with van der Waals surface area (Å²) in [4.78, 5) is 22.1. The summed E-state index contributed by atoms with van der Waals surface area (Å²) in [6.07, 6.45) is 10.0. The van der Waals surface area contributed by atoms with Crippen molar-refractivity contribution in [3.05, 3.63) is 35.5 Å². The third-order valence-corrected chi connectivity index (χ3v) is 8.30. The molecule has 6 nitrogen and oxygen atoms in total. The maximum Gasteiger partial charge on any atom is 0.270 e. The Kier molecular flexibility index (Phi) is 4.94. The topological polar surface area (TPSA) is 57.8 Å². The average molecular weight is 436 g/mol. The van der Waals surface area contributed by atoms with E-state index in [1.54, 1.807) is 14.2 Å². The summed E-state index contributed by atoms with van der Waals surface area (Å²) in [6, 6.07) is 6.68. The summed E-state index contributed by atoms with van der Waals surface area (Å²) in [5, 5.41) is 0.889. The molecule has 1 aromatic carbocycles. The van der Waals surface area contributed by atoms with Gasteiger partial charge < -0.3 is 19.4 Å². The van der Waals surface area contributed by atoms with Crippen molar-refractivity contribution in [1.82, 2.24) is 14.8 Å². The van der Waals surface area contributed by atoms with E-state index in [4.69, 9.17) is 9.47 Å². The zero-order valence-corrected chi connectivity index (χ0v) is 19.1. The lowest BCUT2D eigenvalue weighted by molar-refractivity contribution is 0.00134. The molecule has 4 aliphatic rings. The minimum Gasteiger partial charge on any atom is -0.496 e. The number of ether oxygens (including phenoxy) is 2. The van der Waals surface area contributed by atoms with E-state index in [1.165, 1.54) is 37.8 Å². The van der Waals surface area contributed by atoms with Gasteiger partial charge in [-0.05, 0) is 68.7 Å². The summed E-state index contributed by atoms with van der Waals surface area (Å²) < 4.78 is 11.1. The Morgan fingerprint density at radius 2 is 1.94 bits per heavy atom. The van der Waals surface area contributed by atoms with Crippen LogP contribution < -0.4 is 9.47 Å². The lowest BCUT2D eigenvalue weighted by atomic mass is 9.68. The van der Waals surface area contributed by atoms with E-state index in [-0.39, 0.29) is 11.9 Å². The molecule has 6 heteroatoms. The van der Waals surface area contributed by atoms with Crippen LogP contribution in [0.3, 0.4) is 0 Å². The summed E-state index contributed by atoms with van der Waals surface area (Å²) in [6.45, 7) is 3.19. The van der Waals surface area contributed by atoms with Gasteiger partial charge in [0.2, 0.25) is 0 Å². The largest absolute Gasteiger partial charge is 0.496 e. The maximum atomic E-state index is 13.8. The molecule has 3 saturated heterocycles. The standard InChI is InChI=1S/C26H33N3O3/c1-31-22-8-9-23(32-2)24-19(22)14-20(27-24)26(30)29-11-5-6-16-12-17-13-18(25(16)29)15-28-10-4-3-7-21(17)28/h8-9,12,14,17-18,21,25,27H,3-7,10-11,13,15H2,1-2H3/t17-,18-,21+,25+/m0/s1. The molecule has 2 aromatic rings.